The van der Waals surface area contributed by atoms with Gasteiger partial charge in [-0.15, -0.1) is 0 Å². The molecule has 4 rings (SSSR count). The van der Waals surface area contributed by atoms with E-state index in [9.17, 15) is 9.59 Å². The van der Waals surface area contributed by atoms with Crippen molar-refractivity contribution in [2.24, 2.45) is 0 Å². The molecule has 3 aromatic rings. The number of nitrogens with zero attached hydrogens (tertiary/aromatic N) is 1. The Bertz CT molecular complexity index is 1090. The van der Waals surface area contributed by atoms with Crippen molar-refractivity contribution in [3.63, 3.8) is 0 Å². The number of nitrogens with one attached hydrogen (secondary N) is 2. The molecule has 0 aromatic heterocycles. The average Bonchev–Trinajstić information content (AvgIpc) is 3.13. The van der Waals surface area contributed by atoms with Crippen LogP contribution < -0.4 is 25.0 Å². The van der Waals surface area contributed by atoms with Crippen molar-refractivity contribution in [3.8, 4) is 11.5 Å². The number of carbonyl (C=O) groups is 2. The van der Waals surface area contributed by atoms with E-state index >= 15 is 0 Å². The summed E-state index contributed by atoms with van der Waals surface area (Å²) in [7, 11) is 3.11. The van der Waals surface area contributed by atoms with Crippen LogP contribution in [0, 0.1) is 0 Å². The van der Waals surface area contributed by atoms with Crippen LogP contribution in [0.25, 0.3) is 10.8 Å². The molecular weight excluding hydrogens is 382 g/mol. The molecule has 0 saturated carbocycles. The fourth-order valence-electron chi connectivity index (χ4n) is 3.72. The molecule has 1 fully saturated rings. The van der Waals surface area contributed by atoms with Crippen molar-refractivity contribution in [1.29, 1.82) is 0 Å². The summed E-state index contributed by atoms with van der Waals surface area (Å²) >= 11 is 0. The van der Waals surface area contributed by atoms with E-state index < -0.39 is 0 Å². The standard InChI is InChI=1S/C23H23N3O4/c1-29-20-11-10-17(13-21(20)30-2)26-14-16(12-22(26)27)24-23(28)25-19-9-5-7-15-6-3-4-8-18(15)19/h3-11,13,16H,12,14H2,1-2H3,(H2,24,25,28)/t16-/m1/s1. The third kappa shape index (κ3) is 3.87. The smallest absolute Gasteiger partial charge is 0.319 e. The fourth-order valence-corrected chi connectivity index (χ4v) is 3.72. The number of fused-ring (bicyclic) bond motifs is 1. The summed E-state index contributed by atoms with van der Waals surface area (Å²) in [4.78, 5) is 26.7. The molecule has 1 saturated heterocycles. The van der Waals surface area contributed by atoms with E-state index in [1.165, 1.54) is 0 Å². The molecule has 0 radical (unpaired) electrons. The van der Waals surface area contributed by atoms with E-state index in [1.54, 1.807) is 37.3 Å². The van der Waals surface area contributed by atoms with Crippen LogP contribution >= 0.6 is 0 Å². The summed E-state index contributed by atoms with van der Waals surface area (Å²) in [5.41, 5.74) is 1.43. The lowest BCUT2D eigenvalue weighted by Crippen LogP contribution is -2.39. The van der Waals surface area contributed by atoms with E-state index in [-0.39, 0.29) is 24.4 Å². The summed E-state index contributed by atoms with van der Waals surface area (Å²) in [5.74, 6) is 1.09. The van der Waals surface area contributed by atoms with Crippen LogP contribution in [0.4, 0.5) is 16.2 Å². The van der Waals surface area contributed by atoms with E-state index in [0.29, 0.717) is 23.7 Å². The highest BCUT2D eigenvalue weighted by Crippen LogP contribution is 2.33. The summed E-state index contributed by atoms with van der Waals surface area (Å²) < 4.78 is 10.6. The second kappa shape index (κ2) is 8.32. The number of rotatable bonds is 5. The zero-order valence-corrected chi connectivity index (χ0v) is 16.8. The minimum Gasteiger partial charge on any atom is -0.493 e. The van der Waals surface area contributed by atoms with Gasteiger partial charge < -0.3 is 25.0 Å². The Morgan fingerprint density at radius 3 is 2.57 bits per heavy atom. The first-order valence-electron chi connectivity index (χ1n) is 9.66. The number of anilines is 2. The summed E-state index contributed by atoms with van der Waals surface area (Å²) in [5, 5.41) is 7.81. The highest BCUT2D eigenvalue weighted by atomic mass is 16.5. The zero-order valence-electron chi connectivity index (χ0n) is 16.8. The van der Waals surface area contributed by atoms with Crippen molar-refractivity contribution < 1.29 is 19.1 Å². The molecule has 0 aliphatic carbocycles. The van der Waals surface area contributed by atoms with Gasteiger partial charge in [0.25, 0.3) is 0 Å². The maximum Gasteiger partial charge on any atom is 0.319 e. The molecule has 0 spiro atoms. The first kappa shape index (κ1) is 19.6. The molecule has 7 heteroatoms. The third-order valence-corrected chi connectivity index (χ3v) is 5.18. The van der Waals surface area contributed by atoms with Gasteiger partial charge >= 0.3 is 6.03 Å². The van der Waals surface area contributed by atoms with Gasteiger partial charge in [0, 0.05) is 30.1 Å². The minimum absolute atomic E-state index is 0.0577. The molecular formula is C23H23N3O4. The maximum absolute atomic E-state index is 12.6. The van der Waals surface area contributed by atoms with Gasteiger partial charge in [-0.3, -0.25) is 4.79 Å². The van der Waals surface area contributed by atoms with Crippen LogP contribution in [-0.2, 0) is 4.79 Å². The molecule has 154 valence electrons. The SMILES string of the molecule is COc1ccc(N2C[C@H](NC(=O)Nc3cccc4ccccc34)CC2=O)cc1OC. The van der Waals surface area contributed by atoms with Crippen LogP contribution in [0.15, 0.2) is 60.7 Å². The van der Waals surface area contributed by atoms with Crippen molar-refractivity contribution in [3.05, 3.63) is 60.7 Å². The van der Waals surface area contributed by atoms with Gasteiger partial charge in [-0.05, 0) is 23.6 Å². The quantitative estimate of drug-likeness (QED) is 0.677. The second-order valence-corrected chi connectivity index (χ2v) is 7.07. The molecule has 0 bridgehead atoms. The number of urea groups is 1. The Labute approximate surface area is 174 Å². The van der Waals surface area contributed by atoms with Crippen molar-refractivity contribution in [2.75, 3.05) is 31.0 Å². The van der Waals surface area contributed by atoms with Crippen molar-refractivity contribution in [2.45, 2.75) is 12.5 Å². The molecule has 30 heavy (non-hydrogen) atoms. The Balaban J connectivity index is 1.44. The molecule has 7 nitrogen and oxygen atoms in total. The molecule has 3 amide bonds. The normalized spacial score (nSPS) is 15.9. The van der Waals surface area contributed by atoms with Gasteiger partial charge in [-0.2, -0.15) is 0 Å². The van der Waals surface area contributed by atoms with E-state index in [0.717, 1.165) is 16.5 Å². The maximum atomic E-state index is 12.6. The van der Waals surface area contributed by atoms with Gasteiger partial charge in [0.1, 0.15) is 0 Å². The Morgan fingerprint density at radius 2 is 1.77 bits per heavy atom. The number of amides is 3. The summed E-state index contributed by atoms with van der Waals surface area (Å²) in [6.45, 7) is 0.386. The highest BCUT2D eigenvalue weighted by molar-refractivity contribution is 6.02. The minimum atomic E-state index is -0.335. The number of ether oxygens (including phenoxy) is 2. The highest BCUT2D eigenvalue weighted by Gasteiger charge is 2.32. The Kier molecular flexibility index (Phi) is 5.43. The fraction of sp³-hybridized carbons (Fsp3) is 0.217. The number of benzene rings is 3. The third-order valence-electron chi connectivity index (χ3n) is 5.18. The number of hydrogen-bond acceptors (Lipinski definition) is 4. The molecule has 3 aromatic carbocycles. The summed E-state index contributed by atoms with van der Waals surface area (Å²) in [6, 6.07) is 18.3. The van der Waals surface area contributed by atoms with E-state index in [2.05, 4.69) is 10.6 Å². The number of carbonyl (C=O) groups excluding carboxylic acids is 2. The lowest BCUT2D eigenvalue weighted by atomic mass is 10.1. The monoisotopic (exact) mass is 405 g/mol. The van der Waals surface area contributed by atoms with Gasteiger partial charge in [0.15, 0.2) is 11.5 Å². The lowest BCUT2D eigenvalue weighted by Gasteiger charge is -2.19. The predicted octanol–water partition coefficient (Wildman–Crippen LogP) is 3.78. The van der Waals surface area contributed by atoms with Gasteiger partial charge in [-0.1, -0.05) is 36.4 Å². The van der Waals surface area contributed by atoms with Crippen LogP contribution in [0.5, 0.6) is 11.5 Å². The predicted molar refractivity (Wildman–Crippen MR) is 116 cm³/mol. The van der Waals surface area contributed by atoms with Gasteiger partial charge in [0.05, 0.1) is 25.9 Å². The van der Waals surface area contributed by atoms with Crippen LogP contribution in [0.3, 0.4) is 0 Å². The van der Waals surface area contributed by atoms with Crippen LogP contribution in [-0.4, -0.2) is 38.7 Å². The first-order valence-corrected chi connectivity index (χ1v) is 9.66. The lowest BCUT2D eigenvalue weighted by molar-refractivity contribution is -0.117. The van der Waals surface area contributed by atoms with Crippen molar-refractivity contribution in [1.82, 2.24) is 5.32 Å². The van der Waals surface area contributed by atoms with Gasteiger partial charge in [-0.25, -0.2) is 4.79 Å². The Hall–Kier alpha value is -3.74. The van der Waals surface area contributed by atoms with Crippen LogP contribution in [0.1, 0.15) is 6.42 Å². The first-order chi connectivity index (χ1) is 14.6. The number of hydrogen-bond donors (Lipinski definition) is 2. The Morgan fingerprint density at radius 1 is 1.00 bits per heavy atom. The summed E-state index contributed by atoms with van der Waals surface area (Å²) in [6.07, 6.45) is 0.233. The molecule has 1 aliphatic rings. The van der Waals surface area contributed by atoms with E-state index in [1.807, 2.05) is 42.5 Å². The molecule has 0 unspecified atom stereocenters. The van der Waals surface area contributed by atoms with Crippen LogP contribution in [0.2, 0.25) is 0 Å². The molecule has 2 N–H and O–H groups in total. The number of methoxy groups -OCH3 is 2. The topological polar surface area (TPSA) is 79.9 Å². The average molecular weight is 405 g/mol. The molecule has 1 heterocycles. The zero-order chi connectivity index (χ0) is 21.1. The largest absolute Gasteiger partial charge is 0.493 e. The van der Waals surface area contributed by atoms with Crippen molar-refractivity contribution >= 4 is 34.1 Å². The van der Waals surface area contributed by atoms with E-state index in [4.69, 9.17) is 9.47 Å². The molecule has 1 atom stereocenters. The second-order valence-electron chi connectivity index (χ2n) is 7.07. The van der Waals surface area contributed by atoms with Gasteiger partial charge in [0.2, 0.25) is 5.91 Å². The molecule has 1 aliphatic heterocycles.